The van der Waals surface area contributed by atoms with E-state index in [4.69, 9.17) is 4.98 Å². The van der Waals surface area contributed by atoms with Crippen molar-refractivity contribution in [1.82, 2.24) is 14.9 Å². The zero-order chi connectivity index (χ0) is 17.4. The van der Waals surface area contributed by atoms with Crippen LogP contribution in [0.15, 0.2) is 9.95 Å². The second-order valence-corrected chi connectivity index (χ2v) is 8.74. The molecule has 130 valence electrons. The van der Waals surface area contributed by atoms with Crippen molar-refractivity contribution < 1.29 is 4.79 Å². The summed E-state index contributed by atoms with van der Waals surface area (Å²) in [6, 6.07) is 0.128. The van der Waals surface area contributed by atoms with Gasteiger partial charge in [0.05, 0.1) is 11.1 Å². The number of nitrogens with zero attached hydrogens (tertiary/aromatic N) is 2. The van der Waals surface area contributed by atoms with Crippen LogP contribution in [0.25, 0.3) is 10.2 Å². The average molecular weight is 366 g/mol. The molecule has 0 unspecified atom stereocenters. The van der Waals surface area contributed by atoms with Crippen molar-refractivity contribution >= 4 is 39.2 Å². The van der Waals surface area contributed by atoms with Crippen LogP contribution < -0.4 is 10.9 Å². The van der Waals surface area contributed by atoms with Crippen LogP contribution in [0.3, 0.4) is 0 Å². The smallest absolute Gasteiger partial charge is 0.263 e. The molecule has 5 nitrogen and oxygen atoms in total. The van der Waals surface area contributed by atoms with Crippen LogP contribution >= 0.6 is 23.1 Å². The Labute approximate surface area is 149 Å². The highest BCUT2D eigenvalue weighted by atomic mass is 32.2. The SMILES string of the molecule is CC(C)NC(=O)CSc1nc2sc3c(c2c(=O)n1C(C)C)CCC3. The third-order valence-electron chi connectivity index (χ3n) is 4.04. The molecule has 1 N–H and O–H groups in total. The number of hydrogen-bond acceptors (Lipinski definition) is 5. The summed E-state index contributed by atoms with van der Waals surface area (Å²) in [4.78, 5) is 31.8. The Balaban J connectivity index is 1.99. The summed E-state index contributed by atoms with van der Waals surface area (Å²) in [6.07, 6.45) is 3.16. The average Bonchev–Trinajstić information content (AvgIpc) is 3.03. The lowest BCUT2D eigenvalue weighted by molar-refractivity contribution is -0.119. The molecule has 1 amide bonds. The van der Waals surface area contributed by atoms with E-state index in [0.717, 1.165) is 29.5 Å². The number of fused-ring (bicyclic) bond motifs is 3. The molecule has 0 saturated heterocycles. The lowest BCUT2D eigenvalue weighted by Crippen LogP contribution is -2.32. The largest absolute Gasteiger partial charge is 0.353 e. The van der Waals surface area contributed by atoms with Crippen molar-refractivity contribution in [3.05, 3.63) is 20.8 Å². The van der Waals surface area contributed by atoms with Crippen molar-refractivity contribution in [2.24, 2.45) is 0 Å². The Hall–Kier alpha value is -1.34. The summed E-state index contributed by atoms with van der Waals surface area (Å²) in [5.41, 5.74) is 1.25. The first-order valence-corrected chi connectivity index (χ1v) is 10.2. The normalized spacial score (nSPS) is 13.9. The summed E-state index contributed by atoms with van der Waals surface area (Å²) in [6.45, 7) is 7.84. The molecule has 1 aliphatic rings. The second kappa shape index (κ2) is 6.88. The summed E-state index contributed by atoms with van der Waals surface area (Å²) >= 11 is 2.98. The van der Waals surface area contributed by atoms with Gasteiger partial charge in [-0.05, 0) is 52.5 Å². The van der Waals surface area contributed by atoms with Gasteiger partial charge in [0, 0.05) is 17.0 Å². The molecule has 24 heavy (non-hydrogen) atoms. The van der Waals surface area contributed by atoms with E-state index in [1.165, 1.54) is 22.2 Å². The van der Waals surface area contributed by atoms with E-state index in [2.05, 4.69) is 5.32 Å². The standard InChI is InChI=1S/C17H23N3O2S2/c1-9(2)18-13(21)8-23-17-19-15-14(16(22)20(17)10(3)4)11-6-5-7-12(11)24-15/h9-10H,5-8H2,1-4H3,(H,18,21). The van der Waals surface area contributed by atoms with Crippen LogP contribution in [-0.4, -0.2) is 27.3 Å². The van der Waals surface area contributed by atoms with E-state index in [9.17, 15) is 9.59 Å². The number of hydrogen-bond donors (Lipinski definition) is 1. The summed E-state index contributed by atoms with van der Waals surface area (Å²) in [5.74, 6) is 0.238. The lowest BCUT2D eigenvalue weighted by Gasteiger charge is -2.15. The number of carbonyl (C=O) groups excluding carboxylic acids is 1. The molecule has 0 saturated carbocycles. The lowest BCUT2D eigenvalue weighted by atomic mass is 10.2. The van der Waals surface area contributed by atoms with Crippen molar-refractivity contribution in [3.8, 4) is 0 Å². The van der Waals surface area contributed by atoms with E-state index in [-0.39, 0.29) is 29.3 Å². The van der Waals surface area contributed by atoms with Gasteiger partial charge < -0.3 is 5.32 Å². The highest BCUT2D eigenvalue weighted by molar-refractivity contribution is 7.99. The van der Waals surface area contributed by atoms with E-state index in [1.807, 2.05) is 27.7 Å². The van der Waals surface area contributed by atoms with Gasteiger partial charge in [0.2, 0.25) is 5.91 Å². The minimum atomic E-state index is -0.0340. The van der Waals surface area contributed by atoms with Gasteiger partial charge in [-0.2, -0.15) is 0 Å². The van der Waals surface area contributed by atoms with Gasteiger partial charge in [-0.3, -0.25) is 14.2 Å². The highest BCUT2D eigenvalue weighted by Gasteiger charge is 2.24. The predicted molar refractivity (Wildman–Crippen MR) is 100 cm³/mol. The molecule has 2 aromatic rings. The van der Waals surface area contributed by atoms with Crippen LogP contribution in [0.1, 0.15) is 50.6 Å². The maximum atomic E-state index is 13.0. The number of nitrogens with one attached hydrogen (secondary N) is 1. The minimum Gasteiger partial charge on any atom is -0.353 e. The molecule has 0 spiro atoms. The maximum Gasteiger partial charge on any atom is 0.263 e. The fourth-order valence-electron chi connectivity index (χ4n) is 3.09. The van der Waals surface area contributed by atoms with Gasteiger partial charge in [-0.15, -0.1) is 11.3 Å². The first-order chi connectivity index (χ1) is 11.4. The molecule has 7 heteroatoms. The zero-order valence-electron chi connectivity index (χ0n) is 14.5. The molecule has 0 aromatic carbocycles. The van der Waals surface area contributed by atoms with E-state index in [1.54, 1.807) is 15.9 Å². The highest BCUT2D eigenvalue weighted by Crippen LogP contribution is 2.36. The topological polar surface area (TPSA) is 64.0 Å². The van der Waals surface area contributed by atoms with Crippen molar-refractivity contribution in [1.29, 1.82) is 0 Å². The predicted octanol–water partition coefficient (Wildman–Crippen LogP) is 3.14. The molecule has 3 rings (SSSR count). The van der Waals surface area contributed by atoms with Gasteiger partial charge in [-0.25, -0.2) is 4.98 Å². The van der Waals surface area contributed by atoms with E-state index < -0.39 is 0 Å². The van der Waals surface area contributed by atoms with Crippen molar-refractivity contribution in [3.63, 3.8) is 0 Å². The van der Waals surface area contributed by atoms with Gasteiger partial charge >= 0.3 is 0 Å². The Bertz CT molecular complexity index is 836. The van der Waals surface area contributed by atoms with Crippen LogP contribution in [0.4, 0.5) is 0 Å². The molecule has 2 heterocycles. The number of aryl methyl sites for hydroxylation is 2. The summed E-state index contributed by atoms with van der Waals surface area (Å²) in [5, 5.41) is 4.32. The zero-order valence-corrected chi connectivity index (χ0v) is 16.1. The Morgan fingerprint density at radius 1 is 1.33 bits per heavy atom. The van der Waals surface area contributed by atoms with Gasteiger partial charge in [0.1, 0.15) is 4.83 Å². The van der Waals surface area contributed by atoms with Gasteiger partial charge in [-0.1, -0.05) is 11.8 Å². The van der Waals surface area contributed by atoms with E-state index in [0.29, 0.717) is 5.16 Å². The summed E-state index contributed by atoms with van der Waals surface area (Å²) in [7, 11) is 0. The number of carbonyl (C=O) groups is 1. The van der Waals surface area contributed by atoms with Crippen LogP contribution in [-0.2, 0) is 17.6 Å². The quantitative estimate of drug-likeness (QED) is 0.653. The molecule has 0 aliphatic heterocycles. The molecular formula is C17H23N3O2S2. The van der Waals surface area contributed by atoms with Crippen LogP contribution in [0.5, 0.6) is 0 Å². The van der Waals surface area contributed by atoms with E-state index >= 15 is 0 Å². The van der Waals surface area contributed by atoms with Crippen LogP contribution in [0, 0.1) is 0 Å². The summed E-state index contributed by atoms with van der Waals surface area (Å²) < 4.78 is 1.74. The molecule has 1 aliphatic carbocycles. The number of aromatic nitrogens is 2. The fraction of sp³-hybridized carbons (Fsp3) is 0.588. The third-order valence-corrected chi connectivity index (χ3v) is 6.18. The van der Waals surface area contributed by atoms with Crippen molar-refractivity contribution in [2.45, 2.75) is 64.2 Å². The van der Waals surface area contributed by atoms with Crippen molar-refractivity contribution in [2.75, 3.05) is 5.75 Å². The fourth-order valence-corrected chi connectivity index (χ4v) is 5.33. The number of thiophene rings is 1. The van der Waals surface area contributed by atoms with Gasteiger partial charge in [0.15, 0.2) is 5.16 Å². The van der Waals surface area contributed by atoms with Gasteiger partial charge in [0.25, 0.3) is 5.56 Å². The number of rotatable bonds is 5. The molecule has 0 fully saturated rings. The molecular weight excluding hydrogens is 342 g/mol. The monoisotopic (exact) mass is 365 g/mol. The Morgan fingerprint density at radius 3 is 2.75 bits per heavy atom. The Morgan fingerprint density at radius 2 is 2.08 bits per heavy atom. The number of thioether (sulfide) groups is 1. The minimum absolute atomic E-state index is 0.0158. The third kappa shape index (κ3) is 3.24. The first kappa shape index (κ1) is 17.5. The Kier molecular flexibility index (Phi) is 5.01. The maximum absolute atomic E-state index is 13.0. The number of amides is 1. The molecule has 2 aromatic heterocycles. The molecule has 0 atom stereocenters. The molecule has 0 bridgehead atoms. The second-order valence-electron chi connectivity index (χ2n) is 6.71. The first-order valence-electron chi connectivity index (χ1n) is 8.37. The van der Waals surface area contributed by atoms with Crippen LogP contribution in [0.2, 0.25) is 0 Å². The molecule has 0 radical (unpaired) electrons.